The number of nitrogens with two attached hydrogens (primary N) is 1. The number of piperidine rings is 1. The van der Waals surface area contributed by atoms with Crippen molar-refractivity contribution in [3.8, 4) is 0 Å². The van der Waals surface area contributed by atoms with E-state index < -0.39 is 0 Å². The molecular weight excluding hydrogens is 216 g/mol. The van der Waals surface area contributed by atoms with Crippen LogP contribution < -0.4 is 5.73 Å². The molecule has 0 radical (unpaired) electrons. The number of amides is 1. The monoisotopic (exact) mass is 240 g/mol. The highest BCUT2D eigenvalue weighted by Crippen LogP contribution is 2.28. The topological polar surface area (TPSA) is 55.6 Å². The second-order valence-electron chi connectivity index (χ2n) is 5.65. The maximum atomic E-state index is 12.2. The fraction of sp³-hybridized carbons (Fsp3) is 0.923. The van der Waals surface area contributed by atoms with Gasteiger partial charge in [0.1, 0.15) is 0 Å². The zero-order chi connectivity index (χ0) is 12.4. The van der Waals surface area contributed by atoms with Crippen molar-refractivity contribution in [2.75, 3.05) is 19.7 Å². The second kappa shape index (κ2) is 5.36. The molecule has 3 atom stereocenters. The Morgan fingerprint density at radius 1 is 1.41 bits per heavy atom. The van der Waals surface area contributed by atoms with Crippen molar-refractivity contribution in [1.29, 1.82) is 0 Å². The Labute approximate surface area is 103 Å². The lowest BCUT2D eigenvalue weighted by molar-refractivity contribution is -0.140. The summed E-state index contributed by atoms with van der Waals surface area (Å²) in [5, 5.41) is 0. The molecule has 2 N–H and O–H groups in total. The van der Waals surface area contributed by atoms with E-state index in [1.165, 1.54) is 6.42 Å². The largest absolute Gasteiger partial charge is 0.378 e. The summed E-state index contributed by atoms with van der Waals surface area (Å²) < 4.78 is 5.75. The third kappa shape index (κ3) is 2.80. The Morgan fingerprint density at radius 2 is 2.18 bits per heavy atom. The van der Waals surface area contributed by atoms with E-state index in [2.05, 4.69) is 0 Å². The molecule has 0 aromatic rings. The first-order valence-corrected chi connectivity index (χ1v) is 6.75. The van der Waals surface area contributed by atoms with Crippen LogP contribution in [0.5, 0.6) is 0 Å². The molecule has 0 aromatic heterocycles. The Kier molecular flexibility index (Phi) is 4.05. The van der Waals surface area contributed by atoms with Crippen molar-refractivity contribution >= 4 is 5.91 Å². The number of carbonyl (C=O) groups excluding carboxylic acids is 1. The van der Waals surface area contributed by atoms with E-state index >= 15 is 0 Å². The Hall–Kier alpha value is -0.610. The molecule has 0 saturated carbocycles. The first-order valence-electron chi connectivity index (χ1n) is 6.75. The maximum absolute atomic E-state index is 12.2. The van der Waals surface area contributed by atoms with Crippen LogP contribution in [-0.4, -0.2) is 42.6 Å². The van der Waals surface area contributed by atoms with Crippen LogP contribution in [0.25, 0.3) is 0 Å². The molecule has 2 aliphatic rings. The van der Waals surface area contributed by atoms with Gasteiger partial charge in [-0.2, -0.15) is 0 Å². The van der Waals surface area contributed by atoms with Crippen molar-refractivity contribution in [3.05, 3.63) is 0 Å². The van der Waals surface area contributed by atoms with Gasteiger partial charge in [-0.3, -0.25) is 4.79 Å². The molecule has 1 amide bonds. The SMILES string of the molecule is CC(C)[C@H](N)C(=O)N1CC[C@H]2OCCC[C@H]2C1. The van der Waals surface area contributed by atoms with E-state index in [0.29, 0.717) is 12.0 Å². The van der Waals surface area contributed by atoms with Crippen molar-refractivity contribution in [3.63, 3.8) is 0 Å². The van der Waals surface area contributed by atoms with Gasteiger partial charge in [-0.1, -0.05) is 13.8 Å². The van der Waals surface area contributed by atoms with E-state index in [-0.39, 0.29) is 17.9 Å². The summed E-state index contributed by atoms with van der Waals surface area (Å²) in [6, 6.07) is -0.351. The van der Waals surface area contributed by atoms with Crippen LogP contribution in [0.4, 0.5) is 0 Å². The van der Waals surface area contributed by atoms with Crippen molar-refractivity contribution in [1.82, 2.24) is 4.90 Å². The minimum atomic E-state index is -0.351. The molecule has 0 spiro atoms. The molecule has 2 heterocycles. The van der Waals surface area contributed by atoms with Crippen LogP contribution in [0.1, 0.15) is 33.1 Å². The fourth-order valence-electron chi connectivity index (χ4n) is 2.78. The average Bonchev–Trinajstić information content (AvgIpc) is 2.36. The minimum Gasteiger partial charge on any atom is -0.378 e. The molecule has 0 aromatic carbocycles. The lowest BCUT2D eigenvalue weighted by Gasteiger charge is -2.42. The third-order valence-corrected chi connectivity index (χ3v) is 4.03. The molecule has 2 rings (SSSR count). The predicted molar refractivity (Wildman–Crippen MR) is 66.5 cm³/mol. The van der Waals surface area contributed by atoms with Gasteiger partial charge in [0.2, 0.25) is 5.91 Å². The van der Waals surface area contributed by atoms with Gasteiger partial charge in [-0.05, 0) is 25.2 Å². The van der Waals surface area contributed by atoms with Gasteiger partial charge in [0.25, 0.3) is 0 Å². The molecule has 0 bridgehead atoms. The van der Waals surface area contributed by atoms with E-state index in [0.717, 1.165) is 32.5 Å². The number of nitrogens with zero attached hydrogens (tertiary/aromatic N) is 1. The number of hydrogen-bond acceptors (Lipinski definition) is 3. The van der Waals surface area contributed by atoms with Crippen LogP contribution >= 0.6 is 0 Å². The lowest BCUT2D eigenvalue weighted by atomic mass is 9.88. The van der Waals surface area contributed by atoms with Crippen LogP contribution in [0.15, 0.2) is 0 Å². The van der Waals surface area contributed by atoms with Gasteiger partial charge in [-0.25, -0.2) is 0 Å². The van der Waals surface area contributed by atoms with Gasteiger partial charge >= 0.3 is 0 Å². The number of rotatable bonds is 2. The quantitative estimate of drug-likeness (QED) is 0.783. The third-order valence-electron chi connectivity index (χ3n) is 4.03. The maximum Gasteiger partial charge on any atom is 0.239 e. The summed E-state index contributed by atoms with van der Waals surface area (Å²) in [7, 11) is 0. The molecule has 2 saturated heterocycles. The Balaban J connectivity index is 1.93. The number of fused-ring (bicyclic) bond motifs is 1. The zero-order valence-corrected chi connectivity index (χ0v) is 10.9. The smallest absolute Gasteiger partial charge is 0.239 e. The van der Waals surface area contributed by atoms with Gasteiger partial charge in [0.05, 0.1) is 12.1 Å². The highest BCUT2D eigenvalue weighted by Gasteiger charge is 2.35. The number of hydrogen-bond donors (Lipinski definition) is 1. The average molecular weight is 240 g/mol. The first-order chi connectivity index (χ1) is 8.09. The zero-order valence-electron chi connectivity index (χ0n) is 10.9. The van der Waals surface area contributed by atoms with Crippen molar-refractivity contribution in [2.24, 2.45) is 17.6 Å². The highest BCUT2D eigenvalue weighted by molar-refractivity contribution is 5.82. The number of likely N-dealkylation sites (tertiary alicyclic amines) is 1. The molecule has 4 nitrogen and oxygen atoms in total. The molecule has 2 aliphatic heterocycles. The molecular formula is C13H24N2O2. The van der Waals surface area contributed by atoms with Gasteiger partial charge < -0.3 is 15.4 Å². The summed E-state index contributed by atoms with van der Waals surface area (Å²) in [5.41, 5.74) is 5.94. The van der Waals surface area contributed by atoms with Crippen LogP contribution in [0.2, 0.25) is 0 Å². The second-order valence-corrected chi connectivity index (χ2v) is 5.65. The van der Waals surface area contributed by atoms with Crippen LogP contribution in [0, 0.1) is 11.8 Å². The van der Waals surface area contributed by atoms with Gasteiger partial charge in [-0.15, -0.1) is 0 Å². The Bertz CT molecular complexity index is 281. The molecule has 0 aliphatic carbocycles. The summed E-state index contributed by atoms with van der Waals surface area (Å²) in [6.07, 6.45) is 3.66. The van der Waals surface area contributed by atoms with E-state index in [1.54, 1.807) is 0 Å². The summed E-state index contributed by atoms with van der Waals surface area (Å²) in [5.74, 6) is 0.854. The molecule has 4 heteroatoms. The Morgan fingerprint density at radius 3 is 2.88 bits per heavy atom. The number of carbonyl (C=O) groups is 1. The summed E-state index contributed by atoms with van der Waals surface area (Å²) >= 11 is 0. The van der Waals surface area contributed by atoms with Gasteiger partial charge in [0.15, 0.2) is 0 Å². The highest BCUT2D eigenvalue weighted by atomic mass is 16.5. The van der Waals surface area contributed by atoms with Crippen molar-refractivity contribution < 1.29 is 9.53 Å². The van der Waals surface area contributed by atoms with Gasteiger partial charge in [0, 0.05) is 25.6 Å². The minimum absolute atomic E-state index is 0.115. The molecule has 17 heavy (non-hydrogen) atoms. The van der Waals surface area contributed by atoms with Crippen LogP contribution in [0.3, 0.4) is 0 Å². The van der Waals surface area contributed by atoms with Crippen LogP contribution in [-0.2, 0) is 9.53 Å². The van der Waals surface area contributed by atoms with E-state index in [9.17, 15) is 4.79 Å². The molecule has 0 unspecified atom stereocenters. The molecule has 2 fully saturated rings. The fourth-order valence-corrected chi connectivity index (χ4v) is 2.78. The predicted octanol–water partition coefficient (Wildman–Crippen LogP) is 0.997. The lowest BCUT2D eigenvalue weighted by Crippen LogP contribution is -2.53. The normalized spacial score (nSPS) is 31.2. The van der Waals surface area contributed by atoms with Crippen molar-refractivity contribution in [2.45, 2.75) is 45.3 Å². The summed E-state index contributed by atoms with van der Waals surface area (Å²) in [4.78, 5) is 14.1. The first kappa shape index (κ1) is 12.8. The van der Waals surface area contributed by atoms with E-state index in [4.69, 9.17) is 10.5 Å². The van der Waals surface area contributed by atoms with E-state index in [1.807, 2.05) is 18.7 Å². The standard InChI is InChI=1S/C13H24N2O2/c1-9(2)12(14)13(16)15-6-5-11-10(8-15)4-3-7-17-11/h9-12H,3-8,14H2,1-2H3/t10-,11+,12-/m0/s1. The number of ether oxygens (including phenoxy) is 1. The summed E-state index contributed by atoms with van der Waals surface area (Å²) in [6.45, 7) is 6.53. The molecule has 98 valence electrons.